The summed E-state index contributed by atoms with van der Waals surface area (Å²) in [6, 6.07) is 23.8. The Morgan fingerprint density at radius 3 is 2.21 bits per heavy atom. The molecule has 0 N–H and O–H groups in total. The molecule has 5 rings (SSSR count). The van der Waals surface area contributed by atoms with Crippen molar-refractivity contribution in [2.75, 3.05) is 0 Å². The minimum absolute atomic E-state index is 0.243. The van der Waals surface area contributed by atoms with Gasteiger partial charge in [-0.2, -0.15) is 0 Å². The Kier molecular flexibility index (Phi) is 2.83. The maximum Gasteiger partial charge on any atom is 0.156 e. The van der Waals surface area contributed by atoms with Gasteiger partial charge < -0.3 is 0 Å². The van der Waals surface area contributed by atoms with Crippen LogP contribution in [0.15, 0.2) is 72.8 Å². The molecule has 0 amide bonds. The van der Waals surface area contributed by atoms with E-state index in [1.807, 2.05) is 6.08 Å². The highest BCUT2D eigenvalue weighted by Gasteiger charge is 2.16. The predicted molar refractivity (Wildman–Crippen MR) is 101 cm³/mol. The molecule has 0 aromatic heterocycles. The van der Waals surface area contributed by atoms with E-state index in [1.165, 1.54) is 43.5 Å². The second-order valence-corrected chi connectivity index (χ2v) is 6.53. The quantitative estimate of drug-likeness (QED) is 0.316. The summed E-state index contributed by atoms with van der Waals surface area (Å²) in [5, 5.41) is 7.53. The number of fused-ring (bicyclic) bond motifs is 4. The molecule has 0 unspecified atom stereocenters. The van der Waals surface area contributed by atoms with Crippen molar-refractivity contribution in [1.82, 2.24) is 0 Å². The summed E-state index contributed by atoms with van der Waals surface area (Å²) in [4.78, 5) is 11.7. The highest BCUT2D eigenvalue weighted by atomic mass is 16.1. The van der Waals surface area contributed by atoms with Crippen LogP contribution >= 0.6 is 0 Å². The second-order valence-electron chi connectivity index (χ2n) is 6.53. The fourth-order valence-corrected chi connectivity index (χ4v) is 3.88. The molecule has 24 heavy (non-hydrogen) atoms. The lowest BCUT2D eigenvalue weighted by atomic mass is 9.92. The van der Waals surface area contributed by atoms with E-state index in [-0.39, 0.29) is 5.78 Å². The zero-order valence-electron chi connectivity index (χ0n) is 13.3. The van der Waals surface area contributed by atoms with E-state index in [9.17, 15) is 4.79 Å². The van der Waals surface area contributed by atoms with Gasteiger partial charge in [0.15, 0.2) is 5.78 Å². The van der Waals surface area contributed by atoms with E-state index in [2.05, 4.69) is 66.7 Å². The molecule has 0 saturated carbocycles. The van der Waals surface area contributed by atoms with Crippen molar-refractivity contribution in [1.29, 1.82) is 0 Å². The van der Waals surface area contributed by atoms with Crippen LogP contribution in [0.4, 0.5) is 0 Å². The Morgan fingerprint density at radius 2 is 1.42 bits per heavy atom. The summed E-state index contributed by atoms with van der Waals surface area (Å²) in [6.07, 6.45) is 3.32. The van der Waals surface area contributed by atoms with Gasteiger partial charge in [0, 0.05) is 6.42 Å². The Bertz CT molecular complexity index is 1160. The van der Waals surface area contributed by atoms with Crippen molar-refractivity contribution in [2.45, 2.75) is 12.8 Å². The first-order valence-electron chi connectivity index (χ1n) is 8.38. The topological polar surface area (TPSA) is 17.1 Å². The van der Waals surface area contributed by atoms with Crippen LogP contribution in [0.5, 0.6) is 0 Å². The molecule has 4 aromatic carbocycles. The van der Waals surface area contributed by atoms with Gasteiger partial charge in [-0.1, -0.05) is 54.6 Å². The van der Waals surface area contributed by atoms with Gasteiger partial charge >= 0.3 is 0 Å². The molecule has 0 heterocycles. The number of hydrogen-bond donors (Lipinski definition) is 0. The van der Waals surface area contributed by atoms with Gasteiger partial charge in [0.05, 0.1) is 0 Å². The van der Waals surface area contributed by atoms with Gasteiger partial charge in [0.1, 0.15) is 0 Å². The van der Waals surface area contributed by atoms with Crippen molar-refractivity contribution in [3.8, 4) is 0 Å². The van der Waals surface area contributed by atoms with Crippen LogP contribution in [-0.2, 0) is 4.79 Å². The SMILES string of the molecule is O=C1C=C(c2cccc3ccc4cc5ccccc5cc4c23)CC1. The summed E-state index contributed by atoms with van der Waals surface area (Å²) in [7, 11) is 0. The highest BCUT2D eigenvalue weighted by molar-refractivity contribution is 6.17. The molecule has 1 nitrogen and oxygen atoms in total. The molecule has 0 saturated heterocycles. The fraction of sp³-hybridized carbons (Fsp3) is 0.0870. The van der Waals surface area contributed by atoms with Gasteiger partial charge in [-0.05, 0) is 68.1 Å². The average molecular weight is 308 g/mol. The Morgan fingerprint density at radius 1 is 0.667 bits per heavy atom. The van der Waals surface area contributed by atoms with Crippen LogP contribution in [0.1, 0.15) is 18.4 Å². The number of benzene rings is 4. The molecule has 1 aliphatic carbocycles. The Balaban J connectivity index is 1.93. The van der Waals surface area contributed by atoms with E-state index >= 15 is 0 Å². The number of carbonyl (C=O) groups excluding carboxylic acids is 1. The first-order chi connectivity index (χ1) is 11.8. The van der Waals surface area contributed by atoms with Crippen LogP contribution in [0.2, 0.25) is 0 Å². The van der Waals surface area contributed by atoms with Gasteiger partial charge in [-0.3, -0.25) is 4.79 Å². The van der Waals surface area contributed by atoms with E-state index in [0.29, 0.717) is 6.42 Å². The molecule has 0 bridgehead atoms. The largest absolute Gasteiger partial charge is 0.295 e. The lowest BCUT2D eigenvalue weighted by molar-refractivity contribution is -0.114. The van der Waals surface area contributed by atoms with E-state index in [4.69, 9.17) is 0 Å². The zero-order valence-corrected chi connectivity index (χ0v) is 13.3. The van der Waals surface area contributed by atoms with Crippen LogP contribution < -0.4 is 0 Å². The third-order valence-electron chi connectivity index (χ3n) is 5.05. The molecule has 0 aliphatic heterocycles. The number of rotatable bonds is 1. The lowest BCUT2D eigenvalue weighted by Crippen LogP contribution is -1.87. The first kappa shape index (κ1) is 13.5. The minimum Gasteiger partial charge on any atom is -0.295 e. The zero-order chi connectivity index (χ0) is 16.1. The molecular formula is C23H16O. The van der Waals surface area contributed by atoms with E-state index < -0.39 is 0 Å². The first-order valence-corrected chi connectivity index (χ1v) is 8.38. The summed E-state index contributed by atoms with van der Waals surface area (Å²) in [6.45, 7) is 0. The standard InChI is InChI=1S/C23H16O/c24-20-11-10-19(13-20)21-7-3-6-15-8-9-18-12-16-4-1-2-5-17(16)14-22(18)23(15)21/h1-9,12-14H,10-11H2. The van der Waals surface area contributed by atoms with Gasteiger partial charge in [0.25, 0.3) is 0 Å². The number of carbonyl (C=O) groups is 1. The predicted octanol–water partition coefficient (Wildman–Crippen LogP) is 5.89. The van der Waals surface area contributed by atoms with Crippen molar-refractivity contribution >= 4 is 43.7 Å². The monoisotopic (exact) mass is 308 g/mol. The third-order valence-corrected chi connectivity index (χ3v) is 5.05. The van der Waals surface area contributed by atoms with Gasteiger partial charge in [0.2, 0.25) is 0 Å². The number of allylic oxidation sites excluding steroid dienone is 2. The molecule has 0 radical (unpaired) electrons. The average Bonchev–Trinajstić information content (AvgIpc) is 3.05. The van der Waals surface area contributed by atoms with Crippen molar-refractivity contribution in [2.24, 2.45) is 0 Å². The Labute approximate surface area is 140 Å². The summed E-state index contributed by atoms with van der Waals surface area (Å²) in [5.74, 6) is 0.243. The van der Waals surface area contributed by atoms with Crippen LogP contribution in [0.3, 0.4) is 0 Å². The highest BCUT2D eigenvalue weighted by Crippen LogP contribution is 2.37. The van der Waals surface area contributed by atoms with Crippen LogP contribution in [-0.4, -0.2) is 5.78 Å². The van der Waals surface area contributed by atoms with Gasteiger partial charge in [-0.15, -0.1) is 0 Å². The maximum atomic E-state index is 11.7. The third kappa shape index (κ3) is 1.98. The van der Waals surface area contributed by atoms with E-state index in [1.54, 1.807) is 0 Å². The lowest BCUT2D eigenvalue weighted by Gasteiger charge is -2.12. The molecule has 0 fully saturated rings. The molecule has 0 spiro atoms. The summed E-state index contributed by atoms with van der Waals surface area (Å²) < 4.78 is 0. The van der Waals surface area contributed by atoms with Crippen molar-refractivity contribution < 1.29 is 4.79 Å². The smallest absolute Gasteiger partial charge is 0.156 e. The summed E-state index contributed by atoms with van der Waals surface area (Å²) >= 11 is 0. The van der Waals surface area contributed by atoms with Crippen LogP contribution in [0.25, 0.3) is 37.9 Å². The molecule has 4 aromatic rings. The maximum absolute atomic E-state index is 11.7. The second kappa shape index (κ2) is 5.04. The van der Waals surface area contributed by atoms with Crippen molar-refractivity contribution in [3.63, 3.8) is 0 Å². The number of hydrogen-bond acceptors (Lipinski definition) is 1. The fourth-order valence-electron chi connectivity index (χ4n) is 3.88. The molecule has 1 aliphatic rings. The van der Waals surface area contributed by atoms with Crippen molar-refractivity contribution in [3.05, 3.63) is 78.4 Å². The molecular weight excluding hydrogens is 292 g/mol. The molecule has 0 atom stereocenters. The van der Waals surface area contributed by atoms with Gasteiger partial charge in [-0.25, -0.2) is 0 Å². The summed E-state index contributed by atoms with van der Waals surface area (Å²) in [5.41, 5.74) is 2.38. The molecule has 114 valence electrons. The van der Waals surface area contributed by atoms with Crippen LogP contribution in [0, 0.1) is 0 Å². The normalized spacial score (nSPS) is 14.7. The van der Waals surface area contributed by atoms with E-state index in [0.717, 1.165) is 6.42 Å². The minimum atomic E-state index is 0.243. The Hall–Kier alpha value is -2.93. The number of ketones is 1. The molecule has 1 heteroatoms.